The number of halogens is 4. The van der Waals surface area contributed by atoms with E-state index < -0.39 is 11.7 Å². The second kappa shape index (κ2) is 7.70. The van der Waals surface area contributed by atoms with Gasteiger partial charge >= 0.3 is 6.18 Å². The van der Waals surface area contributed by atoms with Crippen molar-refractivity contribution in [2.24, 2.45) is 0 Å². The van der Waals surface area contributed by atoms with E-state index in [9.17, 15) is 13.2 Å². The first-order valence-electron chi connectivity index (χ1n) is 6.39. The molecule has 1 aromatic rings. The fourth-order valence-electron chi connectivity index (χ4n) is 1.81. The molecule has 1 N–H and O–H groups in total. The highest BCUT2D eigenvalue weighted by atomic mass is 79.9. The zero-order valence-electron chi connectivity index (χ0n) is 11.4. The highest BCUT2D eigenvalue weighted by Gasteiger charge is 2.33. The molecule has 1 atom stereocenters. The Balaban J connectivity index is 3.09. The Kier molecular flexibility index (Phi) is 6.57. The lowest BCUT2D eigenvalue weighted by molar-refractivity contribution is -0.138. The summed E-state index contributed by atoms with van der Waals surface area (Å²) in [5.74, 6) is 5.70. The van der Waals surface area contributed by atoms with Crippen LogP contribution in [-0.4, -0.2) is 6.54 Å². The van der Waals surface area contributed by atoms with Crippen molar-refractivity contribution in [3.05, 3.63) is 33.8 Å². The summed E-state index contributed by atoms with van der Waals surface area (Å²) in [4.78, 5) is 0. The molecule has 20 heavy (non-hydrogen) atoms. The van der Waals surface area contributed by atoms with E-state index in [2.05, 4.69) is 33.1 Å². The number of rotatable bonds is 5. The van der Waals surface area contributed by atoms with E-state index in [1.54, 1.807) is 13.0 Å². The van der Waals surface area contributed by atoms with Gasteiger partial charge in [-0.3, -0.25) is 0 Å². The van der Waals surface area contributed by atoms with Crippen LogP contribution in [0.1, 0.15) is 43.9 Å². The average Bonchev–Trinajstić information content (AvgIpc) is 2.38. The van der Waals surface area contributed by atoms with Crippen LogP contribution in [0.4, 0.5) is 13.2 Å². The van der Waals surface area contributed by atoms with Gasteiger partial charge in [0.2, 0.25) is 0 Å². The van der Waals surface area contributed by atoms with Crippen molar-refractivity contribution in [2.45, 2.75) is 38.9 Å². The molecule has 5 heteroatoms. The van der Waals surface area contributed by atoms with Gasteiger partial charge in [-0.25, -0.2) is 0 Å². The maximum absolute atomic E-state index is 12.9. The predicted molar refractivity (Wildman–Crippen MR) is 78.2 cm³/mol. The first-order valence-corrected chi connectivity index (χ1v) is 7.19. The quantitative estimate of drug-likeness (QED) is 0.745. The monoisotopic (exact) mass is 347 g/mol. The maximum Gasteiger partial charge on any atom is 0.417 e. The molecule has 1 nitrogen and oxygen atoms in total. The minimum absolute atomic E-state index is 0.0598. The molecule has 1 aromatic carbocycles. The van der Waals surface area contributed by atoms with Crippen LogP contribution in [-0.2, 0) is 6.18 Å². The lowest BCUT2D eigenvalue weighted by Gasteiger charge is -2.19. The minimum Gasteiger partial charge on any atom is -0.309 e. The van der Waals surface area contributed by atoms with Crippen LogP contribution in [0.15, 0.2) is 22.7 Å². The van der Waals surface area contributed by atoms with Crippen LogP contribution in [0.2, 0.25) is 0 Å². The summed E-state index contributed by atoms with van der Waals surface area (Å²) >= 11 is 2.95. The van der Waals surface area contributed by atoms with Crippen LogP contribution in [0.25, 0.3) is 0 Å². The fraction of sp³-hybridized carbons (Fsp3) is 0.467. The maximum atomic E-state index is 12.9. The highest BCUT2D eigenvalue weighted by Crippen LogP contribution is 2.36. The summed E-state index contributed by atoms with van der Waals surface area (Å²) < 4.78 is 38.8. The Morgan fingerprint density at radius 3 is 2.60 bits per heavy atom. The molecule has 0 aliphatic heterocycles. The van der Waals surface area contributed by atoms with E-state index >= 15 is 0 Å². The first kappa shape index (κ1) is 17.1. The van der Waals surface area contributed by atoms with E-state index in [4.69, 9.17) is 0 Å². The van der Waals surface area contributed by atoms with Gasteiger partial charge in [-0.15, -0.1) is 11.8 Å². The van der Waals surface area contributed by atoms with Crippen molar-refractivity contribution < 1.29 is 13.2 Å². The Morgan fingerprint density at radius 2 is 2.05 bits per heavy atom. The molecular weight excluding hydrogens is 331 g/mol. The Morgan fingerprint density at radius 1 is 1.35 bits per heavy atom. The van der Waals surface area contributed by atoms with Crippen molar-refractivity contribution in [3.63, 3.8) is 0 Å². The molecule has 0 saturated heterocycles. The second-order valence-electron chi connectivity index (χ2n) is 4.37. The Bertz CT molecular complexity index is 500. The predicted octanol–water partition coefficient (Wildman–Crippen LogP) is 4.92. The molecular formula is C15H17BrF3N. The van der Waals surface area contributed by atoms with E-state index in [1.807, 2.05) is 6.92 Å². The number of benzene rings is 1. The molecule has 0 bridgehead atoms. The number of nitrogens with one attached hydrogen (secondary N) is 1. The molecule has 0 saturated carbocycles. The lowest BCUT2D eigenvalue weighted by atomic mass is 10.0. The Hall–Kier alpha value is -0.990. The molecule has 0 aromatic heterocycles. The van der Waals surface area contributed by atoms with Gasteiger partial charge in [0.05, 0.1) is 5.56 Å². The smallest absolute Gasteiger partial charge is 0.309 e. The number of alkyl halides is 3. The summed E-state index contributed by atoms with van der Waals surface area (Å²) in [5, 5.41) is 3.23. The van der Waals surface area contributed by atoms with Gasteiger partial charge in [-0.1, -0.05) is 28.9 Å². The second-order valence-corrected chi connectivity index (χ2v) is 5.23. The minimum atomic E-state index is -4.36. The largest absolute Gasteiger partial charge is 0.417 e. The van der Waals surface area contributed by atoms with Crippen molar-refractivity contribution >= 4 is 15.9 Å². The third-order valence-electron chi connectivity index (χ3n) is 2.82. The average molecular weight is 348 g/mol. The highest BCUT2D eigenvalue weighted by molar-refractivity contribution is 9.10. The topological polar surface area (TPSA) is 12.0 Å². The van der Waals surface area contributed by atoms with Crippen LogP contribution in [0.3, 0.4) is 0 Å². The molecule has 110 valence electrons. The van der Waals surface area contributed by atoms with Crippen LogP contribution >= 0.6 is 15.9 Å². The summed E-state index contributed by atoms with van der Waals surface area (Å²) in [5.41, 5.74) is -0.0421. The van der Waals surface area contributed by atoms with Gasteiger partial charge in [0.25, 0.3) is 0 Å². The molecule has 1 unspecified atom stereocenters. The van der Waals surface area contributed by atoms with Gasteiger partial charge in [-0.05, 0) is 37.6 Å². The lowest BCUT2D eigenvalue weighted by Crippen LogP contribution is -2.22. The van der Waals surface area contributed by atoms with Gasteiger partial charge in [0, 0.05) is 16.9 Å². The summed E-state index contributed by atoms with van der Waals surface area (Å²) in [6.07, 6.45) is -2.95. The zero-order valence-corrected chi connectivity index (χ0v) is 13.0. The van der Waals surface area contributed by atoms with E-state index in [0.717, 1.165) is 13.0 Å². The SMILES string of the molecule is CC#CCC(NCCC)c1ccc(Br)c(C(F)(F)F)c1. The van der Waals surface area contributed by atoms with E-state index in [-0.39, 0.29) is 10.5 Å². The first-order chi connectivity index (χ1) is 9.40. The number of hydrogen-bond donors (Lipinski definition) is 1. The third-order valence-corrected chi connectivity index (χ3v) is 3.51. The van der Waals surface area contributed by atoms with Crippen LogP contribution in [0, 0.1) is 11.8 Å². The summed E-state index contributed by atoms with van der Waals surface area (Å²) in [6, 6.07) is 4.15. The molecule has 0 amide bonds. The standard InChI is InChI=1S/C15H17BrF3N/c1-3-5-6-14(20-9-4-2)11-7-8-13(16)12(10-11)15(17,18)19/h7-8,10,14,20H,4,6,9H2,1-2H3. The van der Waals surface area contributed by atoms with Crippen molar-refractivity contribution in [3.8, 4) is 11.8 Å². The van der Waals surface area contributed by atoms with Gasteiger partial charge in [-0.2, -0.15) is 13.2 Å². The summed E-state index contributed by atoms with van der Waals surface area (Å²) in [7, 11) is 0. The van der Waals surface area contributed by atoms with Gasteiger partial charge in [0.1, 0.15) is 0 Å². The van der Waals surface area contributed by atoms with E-state index in [1.165, 1.54) is 12.1 Å². The number of hydrogen-bond acceptors (Lipinski definition) is 1. The van der Waals surface area contributed by atoms with Crippen molar-refractivity contribution in [1.29, 1.82) is 0 Å². The van der Waals surface area contributed by atoms with Crippen LogP contribution < -0.4 is 5.32 Å². The molecule has 0 radical (unpaired) electrons. The van der Waals surface area contributed by atoms with Crippen LogP contribution in [0.5, 0.6) is 0 Å². The van der Waals surface area contributed by atoms with Gasteiger partial charge in [0.15, 0.2) is 0 Å². The summed E-state index contributed by atoms with van der Waals surface area (Å²) in [6.45, 7) is 4.48. The molecule has 1 rings (SSSR count). The molecule has 0 heterocycles. The van der Waals surface area contributed by atoms with Gasteiger partial charge < -0.3 is 5.32 Å². The van der Waals surface area contributed by atoms with E-state index in [0.29, 0.717) is 12.0 Å². The fourth-order valence-corrected chi connectivity index (χ4v) is 2.28. The zero-order chi connectivity index (χ0) is 15.2. The molecule has 0 aliphatic rings. The normalized spacial score (nSPS) is 12.7. The third kappa shape index (κ3) is 4.84. The Labute approximate surface area is 126 Å². The van der Waals surface area contributed by atoms with Crippen molar-refractivity contribution in [1.82, 2.24) is 5.32 Å². The molecule has 0 spiro atoms. The van der Waals surface area contributed by atoms with Crippen molar-refractivity contribution in [2.75, 3.05) is 6.54 Å². The molecule has 0 fully saturated rings. The molecule has 0 aliphatic carbocycles.